The normalized spacial score (nSPS) is 33.3. The molecule has 2 aliphatic rings. The second kappa shape index (κ2) is 14.4. The zero-order valence-electron chi connectivity index (χ0n) is 23.9. The molecule has 0 aromatic heterocycles. The third-order valence-corrected chi connectivity index (χ3v) is 8.61. The lowest BCUT2D eigenvalue weighted by Crippen LogP contribution is -2.53. The maximum Gasteiger partial charge on any atom is 0.310 e. The number of hydrogen-bond donors (Lipinski definition) is 3. The third kappa shape index (κ3) is 7.89. The van der Waals surface area contributed by atoms with Gasteiger partial charge in [-0.3, -0.25) is 4.79 Å². The van der Waals surface area contributed by atoms with Crippen molar-refractivity contribution in [3.63, 3.8) is 0 Å². The van der Waals surface area contributed by atoms with Crippen LogP contribution >= 0.6 is 0 Å². The number of fused-ring (bicyclic) bond motifs is 1. The Kier molecular flexibility index (Phi) is 12.3. The van der Waals surface area contributed by atoms with Gasteiger partial charge >= 0.3 is 5.97 Å². The first kappa shape index (κ1) is 31.5. The average molecular weight is 519 g/mol. The van der Waals surface area contributed by atoms with E-state index in [9.17, 15) is 20.1 Å². The van der Waals surface area contributed by atoms with Crippen LogP contribution in [0.1, 0.15) is 73.6 Å². The number of unbranched alkanes of at least 4 members (excludes halogenated alkanes) is 1. The molecule has 0 saturated heterocycles. The summed E-state index contributed by atoms with van der Waals surface area (Å²) in [6, 6.07) is 0. The lowest BCUT2D eigenvalue weighted by atomic mass is 9.52. The van der Waals surface area contributed by atoms with Gasteiger partial charge in [-0.1, -0.05) is 55.9 Å². The molecule has 6 heteroatoms. The first-order valence-electron chi connectivity index (χ1n) is 13.8. The van der Waals surface area contributed by atoms with Crippen molar-refractivity contribution in [3.8, 4) is 0 Å². The molecule has 2 aliphatic carbocycles. The van der Waals surface area contributed by atoms with Crippen LogP contribution in [0.3, 0.4) is 0 Å². The van der Waals surface area contributed by atoms with E-state index in [1.807, 2.05) is 39.0 Å². The van der Waals surface area contributed by atoms with Gasteiger partial charge in [0.2, 0.25) is 0 Å². The first-order chi connectivity index (χ1) is 17.4. The van der Waals surface area contributed by atoms with Crippen molar-refractivity contribution in [2.24, 2.45) is 35.0 Å². The molecule has 2 rings (SSSR count). The van der Waals surface area contributed by atoms with Crippen molar-refractivity contribution in [1.29, 1.82) is 0 Å². The Hall–Kier alpha value is -1.73. The lowest BCUT2D eigenvalue weighted by molar-refractivity contribution is -0.160. The number of hydrogen-bond acceptors (Lipinski definition) is 5. The maximum absolute atomic E-state index is 12.6. The molecule has 0 aliphatic heterocycles. The van der Waals surface area contributed by atoms with Gasteiger partial charge in [-0.2, -0.15) is 0 Å². The third-order valence-electron chi connectivity index (χ3n) is 8.61. The summed E-state index contributed by atoms with van der Waals surface area (Å²) < 4.78 is 11.1. The Morgan fingerprint density at radius 2 is 1.97 bits per heavy atom. The number of methoxy groups -OCH3 is 1. The summed E-state index contributed by atoms with van der Waals surface area (Å²) in [7, 11) is 1.61. The molecule has 0 amide bonds. The molecule has 1 fully saturated rings. The number of rotatable bonds is 13. The molecule has 0 radical (unpaired) electrons. The van der Waals surface area contributed by atoms with Gasteiger partial charge in [0.1, 0.15) is 6.79 Å². The summed E-state index contributed by atoms with van der Waals surface area (Å²) in [6.07, 6.45) is 15.7. The lowest BCUT2D eigenvalue weighted by Gasteiger charge is -2.51. The number of aliphatic hydroxyl groups is 2. The number of carbonyl (C=O) groups is 1. The molecule has 37 heavy (non-hydrogen) atoms. The zero-order valence-corrected chi connectivity index (χ0v) is 23.9. The van der Waals surface area contributed by atoms with Crippen LogP contribution in [0.5, 0.6) is 0 Å². The minimum absolute atomic E-state index is 0.0843. The molecule has 3 N–H and O–H groups in total. The second-order valence-electron chi connectivity index (χ2n) is 11.6. The molecule has 0 aromatic carbocycles. The van der Waals surface area contributed by atoms with Crippen LogP contribution in [0, 0.1) is 35.0 Å². The molecule has 0 spiro atoms. The SMILES string of the molecule is COCO[C@@H](/C(C)=C/CCC[C@@H](C)O)[C@@H](C)/C=C/C=C/[C@H]1C(C)=C[C@H]2[C@H](O)[C@@H](C)CC[C@@H]2[C@@]1(C)C(=O)O. The van der Waals surface area contributed by atoms with Crippen molar-refractivity contribution in [2.75, 3.05) is 13.9 Å². The van der Waals surface area contributed by atoms with Crippen LogP contribution in [0.15, 0.2) is 47.6 Å². The van der Waals surface area contributed by atoms with E-state index in [2.05, 4.69) is 39.0 Å². The molecule has 6 nitrogen and oxygen atoms in total. The van der Waals surface area contributed by atoms with Gasteiger partial charge in [-0.25, -0.2) is 0 Å². The quantitative estimate of drug-likeness (QED) is 0.121. The molecule has 0 unspecified atom stereocenters. The Morgan fingerprint density at radius 1 is 1.27 bits per heavy atom. The van der Waals surface area contributed by atoms with Crippen LogP contribution in [0.2, 0.25) is 0 Å². The summed E-state index contributed by atoms with van der Waals surface area (Å²) in [5.41, 5.74) is 1.18. The highest BCUT2D eigenvalue weighted by molar-refractivity contribution is 5.77. The summed E-state index contributed by atoms with van der Waals surface area (Å²) in [5, 5.41) is 30.6. The Morgan fingerprint density at radius 3 is 2.59 bits per heavy atom. The maximum atomic E-state index is 12.6. The Balaban J connectivity index is 2.18. The molecular formula is C31H50O6. The number of ether oxygens (including phenoxy) is 2. The monoisotopic (exact) mass is 518 g/mol. The summed E-state index contributed by atoms with van der Waals surface area (Å²) in [5.74, 6) is -0.967. The van der Waals surface area contributed by atoms with Gasteiger partial charge in [0, 0.05) is 24.9 Å². The summed E-state index contributed by atoms with van der Waals surface area (Å²) >= 11 is 0. The fourth-order valence-electron chi connectivity index (χ4n) is 6.31. The minimum atomic E-state index is -0.962. The number of aliphatic carboxylic acids is 1. The molecule has 0 bridgehead atoms. The van der Waals surface area contributed by atoms with Crippen molar-refractivity contribution in [1.82, 2.24) is 0 Å². The van der Waals surface area contributed by atoms with Gasteiger partial charge in [0.05, 0.1) is 23.7 Å². The summed E-state index contributed by atoms with van der Waals surface area (Å²) in [4.78, 5) is 12.6. The van der Waals surface area contributed by atoms with Gasteiger partial charge in [-0.05, 0) is 77.2 Å². The van der Waals surface area contributed by atoms with Gasteiger partial charge in [0.15, 0.2) is 0 Å². The Bertz CT molecular complexity index is 856. The molecule has 1 saturated carbocycles. The van der Waals surface area contributed by atoms with Crippen LogP contribution < -0.4 is 0 Å². The van der Waals surface area contributed by atoms with Crippen LogP contribution in [0.4, 0.5) is 0 Å². The van der Waals surface area contributed by atoms with E-state index < -0.39 is 17.5 Å². The standard InChI is InChI=1S/C31H50O6/c1-20-16-17-27-25(28(20)33)18-23(4)26(31(27,6)30(34)35)15-11-9-13-22(3)29(37-19-36-7)21(2)12-8-10-14-24(5)32/h9,11-13,15,18,20,22,24-29,32-33H,8,10,14,16-17,19H2,1-7H3,(H,34,35)/b13-9+,15-11+,21-12+/t20-,22-,24+,25+,26-,27-,28+,29-,31-/m0/s1. The minimum Gasteiger partial charge on any atom is -0.481 e. The van der Waals surface area contributed by atoms with Gasteiger partial charge in [0.25, 0.3) is 0 Å². The molecular weight excluding hydrogens is 468 g/mol. The topological polar surface area (TPSA) is 96.2 Å². The number of carboxylic acids is 1. The van der Waals surface area contributed by atoms with Crippen LogP contribution in [-0.4, -0.2) is 53.5 Å². The number of aliphatic hydroxyl groups excluding tert-OH is 2. The second-order valence-corrected chi connectivity index (χ2v) is 11.6. The molecule has 210 valence electrons. The smallest absolute Gasteiger partial charge is 0.310 e. The van der Waals surface area contributed by atoms with Crippen molar-refractivity contribution < 1.29 is 29.6 Å². The zero-order chi connectivity index (χ0) is 27.8. The Labute approximate surface area is 224 Å². The highest BCUT2D eigenvalue weighted by atomic mass is 16.7. The van der Waals surface area contributed by atoms with Crippen LogP contribution in [0.25, 0.3) is 0 Å². The molecule has 0 aromatic rings. The largest absolute Gasteiger partial charge is 0.481 e. The van der Waals surface area contributed by atoms with Crippen LogP contribution in [-0.2, 0) is 14.3 Å². The van der Waals surface area contributed by atoms with E-state index in [1.54, 1.807) is 7.11 Å². The van der Waals surface area contributed by atoms with E-state index in [0.29, 0.717) is 0 Å². The fourth-order valence-corrected chi connectivity index (χ4v) is 6.31. The van der Waals surface area contributed by atoms with Gasteiger partial charge in [-0.15, -0.1) is 0 Å². The van der Waals surface area contributed by atoms with E-state index in [1.165, 1.54) is 0 Å². The van der Waals surface area contributed by atoms with E-state index in [-0.39, 0.29) is 48.6 Å². The average Bonchev–Trinajstić information content (AvgIpc) is 2.83. The van der Waals surface area contributed by atoms with Gasteiger partial charge < -0.3 is 24.8 Å². The highest BCUT2D eigenvalue weighted by Crippen LogP contribution is 2.54. The van der Waals surface area contributed by atoms with E-state index in [0.717, 1.165) is 43.3 Å². The highest BCUT2D eigenvalue weighted by Gasteiger charge is 2.55. The molecule has 0 heterocycles. The predicted molar refractivity (Wildman–Crippen MR) is 148 cm³/mol. The number of allylic oxidation sites excluding steroid dienone is 5. The van der Waals surface area contributed by atoms with Crippen molar-refractivity contribution in [3.05, 3.63) is 47.6 Å². The summed E-state index contributed by atoms with van der Waals surface area (Å²) in [6.45, 7) is 12.1. The van der Waals surface area contributed by atoms with E-state index in [4.69, 9.17) is 9.47 Å². The van der Waals surface area contributed by atoms with E-state index >= 15 is 0 Å². The van der Waals surface area contributed by atoms with Crippen molar-refractivity contribution >= 4 is 5.97 Å². The number of carboxylic acid groups (broad SMARTS) is 1. The fraction of sp³-hybridized carbons (Fsp3) is 0.710. The molecule has 9 atom stereocenters. The predicted octanol–water partition coefficient (Wildman–Crippen LogP) is 5.91. The van der Waals surface area contributed by atoms with Crippen molar-refractivity contribution in [2.45, 2.75) is 92.0 Å². The first-order valence-corrected chi connectivity index (χ1v) is 13.8.